The van der Waals surface area contributed by atoms with Crippen LogP contribution in [-0.2, 0) is 14.3 Å². The van der Waals surface area contributed by atoms with Crippen molar-refractivity contribution in [3.63, 3.8) is 0 Å². The number of amides is 1. The molecule has 87 heavy (non-hydrogen) atoms. The van der Waals surface area contributed by atoms with Gasteiger partial charge in [0, 0.05) is 12.8 Å². The lowest BCUT2D eigenvalue weighted by Crippen LogP contribution is -2.45. The highest BCUT2D eigenvalue weighted by atomic mass is 16.5. The van der Waals surface area contributed by atoms with E-state index in [-0.39, 0.29) is 18.5 Å². The summed E-state index contributed by atoms with van der Waals surface area (Å²) in [5, 5.41) is 23.3. The number of aliphatic hydroxyl groups excluding tert-OH is 2. The van der Waals surface area contributed by atoms with Gasteiger partial charge in [0.25, 0.3) is 0 Å². The highest BCUT2D eigenvalue weighted by molar-refractivity contribution is 5.76. The van der Waals surface area contributed by atoms with Crippen LogP contribution < -0.4 is 5.32 Å². The Hall–Kier alpha value is -1.66. The molecule has 0 aliphatic rings. The van der Waals surface area contributed by atoms with Gasteiger partial charge in [0.05, 0.1) is 25.4 Å². The molecular weight excluding hydrogens is 1070 g/mol. The molecule has 2 unspecified atom stereocenters. The van der Waals surface area contributed by atoms with Crippen molar-refractivity contribution in [3.05, 3.63) is 24.3 Å². The molecule has 0 saturated heterocycles. The van der Waals surface area contributed by atoms with Gasteiger partial charge in [-0.3, -0.25) is 9.59 Å². The highest BCUT2D eigenvalue weighted by Gasteiger charge is 2.18. The molecule has 0 bridgehead atoms. The maximum atomic E-state index is 12.5. The number of esters is 1. The minimum absolute atomic E-state index is 0.0228. The third-order valence-corrected chi connectivity index (χ3v) is 19.0. The fraction of sp³-hybridized carbons (Fsp3) is 0.926. The minimum Gasteiger partial charge on any atom is -0.466 e. The van der Waals surface area contributed by atoms with Crippen molar-refractivity contribution in [1.29, 1.82) is 0 Å². The van der Waals surface area contributed by atoms with E-state index >= 15 is 0 Å². The number of unbranched alkanes of at least 4 members (excludes halogenated alkanes) is 63. The molecular formula is C81H157NO5. The van der Waals surface area contributed by atoms with E-state index < -0.39 is 12.1 Å². The van der Waals surface area contributed by atoms with Crippen LogP contribution in [0.15, 0.2) is 24.3 Å². The van der Waals surface area contributed by atoms with E-state index in [0.717, 1.165) is 38.5 Å². The van der Waals surface area contributed by atoms with Gasteiger partial charge in [-0.25, -0.2) is 0 Å². The third-order valence-electron chi connectivity index (χ3n) is 19.0. The van der Waals surface area contributed by atoms with Gasteiger partial charge in [0.1, 0.15) is 0 Å². The van der Waals surface area contributed by atoms with Crippen LogP contribution in [0.4, 0.5) is 0 Å². The molecule has 6 heteroatoms. The van der Waals surface area contributed by atoms with Gasteiger partial charge in [-0.15, -0.1) is 0 Å². The molecule has 0 aliphatic heterocycles. The zero-order valence-electron chi connectivity index (χ0n) is 59.3. The Bertz CT molecular complexity index is 1360. The Morgan fingerprint density at radius 3 is 0.816 bits per heavy atom. The first-order valence-electron chi connectivity index (χ1n) is 40.1. The van der Waals surface area contributed by atoms with Crippen molar-refractivity contribution in [2.75, 3.05) is 13.2 Å². The second kappa shape index (κ2) is 76.8. The second-order valence-electron chi connectivity index (χ2n) is 27.8. The van der Waals surface area contributed by atoms with E-state index in [4.69, 9.17) is 4.74 Å². The first kappa shape index (κ1) is 85.3. The minimum atomic E-state index is -0.842. The van der Waals surface area contributed by atoms with Crippen LogP contribution in [0.3, 0.4) is 0 Å². The fourth-order valence-corrected chi connectivity index (χ4v) is 12.9. The maximum Gasteiger partial charge on any atom is 0.305 e. The van der Waals surface area contributed by atoms with E-state index in [9.17, 15) is 19.8 Å². The molecule has 0 fully saturated rings. The average molecular weight is 1230 g/mol. The summed E-state index contributed by atoms with van der Waals surface area (Å²) in [4.78, 5) is 24.6. The Morgan fingerprint density at radius 2 is 0.540 bits per heavy atom. The SMILES string of the molecule is CCCCCCCCCCCCCCCCCCCC/C=C/C(O)C(CO)NC(=O)CCCCCCCCCCCCCCCCCCC/C=C\CCCCCCCCCCCCCCCCCCCCOC(=O)CCCCCCCCCCCCC. The average Bonchev–Trinajstić information content (AvgIpc) is 3.52. The third kappa shape index (κ3) is 73.3. The van der Waals surface area contributed by atoms with Crippen LogP contribution in [-0.4, -0.2) is 47.4 Å². The van der Waals surface area contributed by atoms with Crippen molar-refractivity contribution in [1.82, 2.24) is 5.32 Å². The monoisotopic (exact) mass is 1220 g/mol. The molecule has 0 aromatic carbocycles. The molecule has 1 amide bonds. The van der Waals surface area contributed by atoms with Crippen molar-refractivity contribution in [3.8, 4) is 0 Å². The van der Waals surface area contributed by atoms with E-state index in [1.807, 2.05) is 6.08 Å². The van der Waals surface area contributed by atoms with Gasteiger partial charge in [-0.05, 0) is 57.8 Å². The smallest absolute Gasteiger partial charge is 0.305 e. The zero-order chi connectivity index (χ0) is 62.8. The first-order chi connectivity index (χ1) is 43.0. The fourth-order valence-electron chi connectivity index (χ4n) is 12.9. The van der Waals surface area contributed by atoms with Gasteiger partial charge in [-0.1, -0.05) is 411 Å². The van der Waals surface area contributed by atoms with Gasteiger partial charge in [-0.2, -0.15) is 0 Å². The number of hydrogen-bond donors (Lipinski definition) is 3. The predicted molar refractivity (Wildman–Crippen MR) is 384 cm³/mol. The summed E-state index contributed by atoms with van der Waals surface area (Å²) in [7, 11) is 0. The summed E-state index contributed by atoms with van der Waals surface area (Å²) in [5.74, 6) is -0.0362. The van der Waals surface area contributed by atoms with Crippen molar-refractivity contribution < 1.29 is 24.5 Å². The van der Waals surface area contributed by atoms with E-state index in [1.165, 1.54) is 392 Å². The highest BCUT2D eigenvalue weighted by Crippen LogP contribution is 2.20. The summed E-state index contributed by atoms with van der Waals surface area (Å²) in [6.07, 6.45) is 98.9. The standard InChI is InChI=1S/C81H157NO5/c1-3-5-7-9-11-13-15-16-17-18-19-41-44-47-50-54-57-61-65-69-73-79(84)78(77-83)82-80(85)74-70-66-62-58-55-51-48-45-42-39-37-35-33-31-29-27-25-23-21-20-22-24-26-28-30-32-34-36-38-40-43-46-49-52-56-60-64-68-72-76-87-81(86)75-71-67-63-59-53-14-12-10-8-6-4-2/h20-21,69,73,78-79,83-84H,3-19,22-68,70-72,74-77H2,1-2H3,(H,82,85)/b21-20-,73-69+. The molecule has 3 N–H and O–H groups in total. The molecule has 0 rings (SSSR count). The molecule has 0 aromatic heterocycles. The summed E-state index contributed by atoms with van der Waals surface area (Å²) >= 11 is 0. The van der Waals surface area contributed by atoms with Gasteiger partial charge < -0.3 is 20.3 Å². The summed E-state index contributed by atoms with van der Waals surface area (Å²) in [6.45, 7) is 4.95. The lowest BCUT2D eigenvalue weighted by atomic mass is 10.0. The Labute approximate surface area is 545 Å². The number of rotatable bonds is 76. The lowest BCUT2D eigenvalue weighted by molar-refractivity contribution is -0.143. The Kier molecular flexibility index (Phi) is 75.3. The molecule has 0 spiro atoms. The lowest BCUT2D eigenvalue weighted by Gasteiger charge is -2.20. The number of allylic oxidation sites excluding steroid dienone is 3. The van der Waals surface area contributed by atoms with Crippen molar-refractivity contribution in [2.45, 2.75) is 469 Å². The number of aliphatic hydroxyl groups is 2. The molecule has 0 heterocycles. The summed E-state index contributed by atoms with van der Waals surface area (Å²) in [6, 6.07) is -0.625. The largest absolute Gasteiger partial charge is 0.466 e. The second-order valence-corrected chi connectivity index (χ2v) is 27.8. The van der Waals surface area contributed by atoms with Gasteiger partial charge in [0.15, 0.2) is 0 Å². The number of carbonyl (C=O) groups is 2. The number of nitrogens with one attached hydrogen (secondary N) is 1. The van der Waals surface area contributed by atoms with Crippen LogP contribution in [0.5, 0.6) is 0 Å². The summed E-state index contributed by atoms with van der Waals surface area (Å²) < 4.78 is 5.48. The zero-order valence-corrected chi connectivity index (χ0v) is 59.3. The van der Waals surface area contributed by atoms with E-state index in [2.05, 4.69) is 31.3 Å². The van der Waals surface area contributed by atoms with Crippen LogP contribution in [0, 0.1) is 0 Å². The van der Waals surface area contributed by atoms with Crippen LogP contribution in [0.25, 0.3) is 0 Å². The van der Waals surface area contributed by atoms with Crippen LogP contribution in [0.2, 0.25) is 0 Å². The molecule has 0 aliphatic carbocycles. The van der Waals surface area contributed by atoms with Crippen molar-refractivity contribution in [2.24, 2.45) is 0 Å². The Morgan fingerprint density at radius 1 is 0.310 bits per heavy atom. The molecule has 2 atom stereocenters. The Balaban J connectivity index is 3.34. The number of hydrogen-bond acceptors (Lipinski definition) is 5. The topological polar surface area (TPSA) is 95.9 Å². The quantitative estimate of drug-likeness (QED) is 0.0320. The molecule has 516 valence electrons. The van der Waals surface area contributed by atoms with Crippen LogP contribution in [0.1, 0.15) is 457 Å². The van der Waals surface area contributed by atoms with Gasteiger partial charge >= 0.3 is 5.97 Å². The van der Waals surface area contributed by atoms with Crippen molar-refractivity contribution >= 4 is 11.9 Å². The molecule has 0 radical (unpaired) electrons. The summed E-state index contributed by atoms with van der Waals surface area (Å²) in [5.41, 5.74) is 0. The number of ether oxygens (including phenoxy) is 1. The van der Waals surface area contributed by atoms with Gasteiger partial charge in [0.2, 0.25) is 5.91 Å². The molecule has 6 nitrogen and oxygen atoms in total. The van der Waals surface area contributed by atoms with E-state index in [0.29, 0.717) is 19.4 Å². The maximum absolute atomic E-state index is 12.5. The normalized spacial score (nSPS) is 12.6. The molecule has 0 aromatic rings. The predicted octanol–water partition coefficient (Wildman–Crippen LogP) is 26.4. The number of carbonyl (C=O) groups excluding carboxylic acids is 2. The first-order valence-corrected chi connectivity index (χ1v) is 40.1. The van der Waals surface area contributed by atoms with E-state index in [1.54, 1.807) is 6.08 Å². The van der Waals surface area contributed by atoms with Crippen LogP contribution >= 0.6 is 0 Å². The molecule has 0 saturated carbocycles.